The molecule has 24 heavy (non-hydrogen) atoms. The van der Waals surface area contributed by atoms with Gasteiger partial charge in [0.15, 0.2) is 0 Å². The van der Waals surface area contributed by atoms with E-state index in [1.165, 1.54) is 18.7 Å². The molecule has 6 heteroatoms. The van der Waals surface area contributed by atoms with E-state index in [9.17, 15) is 14.4 Å². The second kappa shape index (κ2) is 7.77. The molecule has 3 amide bonds. The molecule has 1 heterocycles. The van der Waals surface area contributed by atoms with Gasteiger partial charge in [-0.3, -0.25) is 14.4 Å². The lowest BCUT2D eigenvalue weighted by atomic mass is 10.1. The van der Waals surface area contributed by atoms with Crippen LogP contribution in [0, 0.1) is 19.8 Å². The van der Waals surface area contributed by atoms with Crippen LogP contribution in [0.15, 0.2) is 30.4 Å². The Hall–Kier alpha value is -2.63. The third kappa shape index (κ3) is 4.22. The van der Waals surface area contributed by atoms with Crippen molar-refractivity contribution in [2.45, 2.75) is 20.3 Å². The molecule has 1 aliphatic rings. The highest BCUT2D eigenvalue weighted by Crippen LogP contribution is 2.26. The topological polar surface area (TPSA) is 78.5 Å². The normalized spacial score (nSPS) is 17.4. The SMILES string of the molecule is CNC(=O)/C=C/CNC(=O)C1CC(=O)N(c2ccc(C)c(C)c2)C1. The number of rotatable bonds is 5. The maximum Gasteiger partial charge on any atom is 0.243 e. The van der Waals surface area contributed by atoms with E-state index in [0.29, 0.717) is 6.54 Å². The van der Waals surface area contributed by atoms with Crippen molar-refractivity contribution >= 4 is 23.4 Å². The predicted octanol–water partition coefficient (Wildman–Crippen LogP) is 1.07. The summed E-state index contributed by atoms with van der Waals surface area (Å²) in [5.41, 5.74) is 3.12. The third-order valence-corrected chi connectivity index (χ3v) is 4.21. The summed E-state index contributed by atoms with van der Waals surface area (Å²) in [6.07, 6.45) is 3.15. The molecular weight excluding hydrogens is 306 g/mol. The zero-order chi connectivity index (χ0) is 17.7. The fourth-order valence-corrected chi connectivity index (χ4v) is 2.58. The molecule has 128 valence electrons. The lowest BCUT2D eigenvalue weighted by Gasteiger charge is -2.18. The molecule has 2 rings (SSSR count). The number of aryl methyl sites for hydroxylation is 2. The van der Waals surface area contributed by atoms with Crippen LogP contribution in [0.25, 0.3) is 0 Å². The zero-order valence-corrected chi connectivity index (χ0v) is 14.3. The van der Waals surface area contributed by atoms with Crippen LogP contribution >= 0.6 is 0 Å². The molecule has 0 saturated carbocycles. The molecule has 2 N–H and O–H groups in total. The Labute approximate surface area is 141 Å². The van der Waals surface area contributed by atoms with E-state index < -0.39 is 0 Å². The first-order chi connectivity index (χ1) is 11.4. The number of carbonyl (C=O) groups excluding carboxylic acids is 3. The van der Waals surface area contributed by atoms with Crippen molar-refractivity contribution in [2.75, 3.05) is 25.0 Å². The lowest BCUT2D eigenvalue weighted by molar-refractivity contribution is -0.126. The molecule has 0 aromatic heterocycles. The summed E-state index contributed by atoms with van der Waals surface area (Å²) < 4.78 is 0. The Morgan fingerprint density at radius 3 is 2.71 bits per heavy atom. The van der Waals surface area contributed by atoms with Gasteiger partial charge in [0, 0.05) is 38.3 Å². The number of carbonyl (C=O) groups is 3. The summed E-state index contributed by atoms with van der Waals surface area (Å²) in [4.78, 5) is 37.1. The maximum atomic E-state index is 12.2. The number of benzene rings is 1. The molecule has 0 radical (unpaired) electrons. The van der Waals surface area contributed by atoms with E-state index >= 15 is 0 Å². The minimum absolute atomic E-state index is 0.0423. The van der Waals surface area contributed by atoms with Crippen LogP contribution in [0.4, 0.5) is 5.69 Å². The zero-order valence-electron chi connectivity index (χ0n) is 14.3. The van der Waals surface area contributed by atoms with Gasteiger partial charge in [0.25, 0.3) is 0 Å². The van der Waals surface area contributed by atoms with E-state index in [0.717, 1.165) is 11.3 Å². The van der Waals surface area contributed by atoms with Crippen LogP contribution in [0.5, 0.6) is 0 Å². The van der Waals surface area contributed by atoms with Gasteiger partial charge in [0.2, 0.25) is 17.7 Å². The van der Waals surface area contributed by atoms with E-state index in [2.05, 4.69) is 10.6 Å². The largest absolute Gasteiger partial charge is 0.356 e. The Bertz CT molecular complexity index is 682. The number of nitrogens with one attached hydrogen (secondary N) is 2. The standard InChI is InChI=1S/C18H23N3O3/c1-12-6-7-15(9-13(12)2)21-11-14(10-17(21)23)18(24)20-8-4-5-16(22)19-3/h4-7,9,14H,8,10-11H2,1-3H3,(H,19,22)(H,20,24)/b5-4+. The van der Waals surface area contributed by atoms with Crippen molar-refractivity contribution in [1.82, 2.24) is 10.6 Å². The molecule has 1 fully saturated rings. The highest BCUT2D eigenvalue weighted by molar-refractivity contribution is 6.00. The van der Waals surface area contributed by atoms with Crippen LogP contribution in [0.2, 0.25) is 0 Å². The minimum Gasteiger partial charge on any atom is -0.356 e. The van der Waals surface area contributed by atoms with Gasteiger partial charge in [0.05, 0.1) is 5.92 Å². The van der Waals surface area contributed by atoms with E-state index in [1.807, 2.05) is 32.0 Å². The number of amides is 3. The first-order valence-electron chi connectivity index (χ1n) is 7.96. The highest BCUT2D eigenvalue weighted by atomic mass is 16.2. The van der Waals surface area contributed by atoms with Gasteiger partial charge in [-0.25, -0.2) is 0 Å². The van der Waals surface area contributed by atoms with Gasteiger partial charge in [0.1, 0.15) is 0 Å². The van der Waals surface area contributed by atoms with Crippen molar-refractivity contribution in [3.05, 3.63) is 41.5 Å². The molecule has 1 aliphatic heterocycles. The predicted molar refractivity (Wildman–Crippen MR) is 92.6 cm³/mol. The fourth-order valence-electron chi connectivity index (χ4n) is 2.58. The van der Waals surface area contributed by atoms with E-state index in [-0.39, 0.29) is 36.6 Å². The van der Waals surface area contributed by atoms with Crippen LogP contribution in [-0.4, -0.2) is 37.9 Å². The molecule has 1 aromatic carbocycles. The maximum absolute atomic E-state index is 12.2. The Kier molecular flexibility index (Phi) is 5.73. The smallest absolute Gasteiger partial charge is 0.243 e. The molecule has 1 saturated heterocycles. The second-order valence-corrected chi connectivity index (χ2v) is 5.94. The molecular formula is C18H23N3O3. The summed E-state index contributed by atoms with van der Waals surface area (Å²) in [7, 11) is 1.54. The Morgan fingerprint density at radius 1 is 1.29 bits per heavy atom. The molecule has 0 bridgehead atoms. The van der Waals surface area contributed by atoms with Crippen molar-refractivity contribution in [3.63, 3.8) is 0 Å². The molecule has 1 atom stereocenters. The summed E-state index contributed by atoms with van der Waals surface area (Å²) >= 11 is 0. The van der Waals surface area contributed by atoms with Gasteiger partial charge < -0.3 is 15.5 Å². The molecule has 0 spiro atoms. The summed E-state index contributed by atoms with van der Waals surface area (Å²) in [6, 6.07) is 5.86. The van der Waals surface area contributed by atoms with Gasteiger partial charge in [-0.05, 0) is 37.1 Å². The van der Waals surface area contributed by atoms with Gasteiger partial charge >= 0.3 is 0 Å². The average Bonchev–Trinajstić information content (AvgIpc) is 2.95. The first-order valence-corrected chi connectivity index (χ1v) is 7.96. The minimum atomic E-state index is -0.368. The van der Waals surface area contributed by atoms with Crippen molar-refractivity contribution in [3.8, 4) is 0 Å². The second-order valence-electron chi connectivity index (χ2n) is 5.94. The highest BCUT2D eigenvalue weighted by Gasteiger charge is 2.34. The van der Waals surface area contributed by atoms with Crippen LogP contribution in [0.3, 0.4) is 0 Å². The van der Waals surface area contributed by atoms with E-state index in [4.69, 9.17) is 0 Å². The number of hydrogen-bond acceptors (Lipinski definition) is 3. The summed E-state index contributed by atoms with van der Waals surface area (Å²) in [5.74, 6) is -0.802. The molecule has 1 aromatic rings. The van der Waals surface area contributed by atoms with Gasteiger partial charge in [-0.1, -0.05) is 12.1 Å². The Balaban J connectivity index is 1.93. The van der Waals surface area contributed by atoms with Crippen molar-refractivity contribution < 1.29 is 14.4 Å². The summed E-state index contributed by atoms with van der Waals surface area (Å²) in [6.45, 7) is 4.67. The lowest BCUT2D eigenvalue weighted by Crippen LogP contribution is -2.33. The van der Waals surface area contributed by atoms with Crippen LogP contribution in [-0.2, 0) is 14.4 Å². The monoisotopic (exact) mass is 329 g/mol. The van der Waals surface area contributed by atoms with Crippen molar-refractivity contribution in [1.29, 1.82) is 0 Å². The van der Waals surface area contributed by atoms with Gasteiger partial charge in [-0.2, -0.15) is 0 Å². The average molecular weight is 329 g/mol. The Morgan fingerprint density at radius 2 is 2.04 bits per heavy atom. The molecule has 6 nitrogen and oxygen atoms in total. The number of anilines is 1. The first kappa shape index (κ1) is 17.7. The third-order valence-electron chi connectivity index (χ3n) is 4.21. The number of likely N-dealkylation sites (N-methyl/N-ethyl adjacent to an activating group) is 1. The van der Waals surface area contributed by atoms with Gasteiger partial charge in [-0.15, -0.1) is 0 Å². The molecule has 1 unspecified atom stereocenters. The van der Waals surface area contributed by atoms with Crippen molar-refractivity contribution in [2.24, 2.45) is 5.92 Å². The molecule has 0 aliphatic carbocycles. The number of hydrogen-bond donors (Lipinski definition) is 2. The van der Waals surface area contributed by atoms with Crippen LogP contribution in [0.1, 0.15) is 17.5 Å². The fraction of sp³-hybridized carbons (Fsp3) is 0.389. The van der Waals surface area contributed by atoms with Crippen LogP contribution < -0.4 is 15.5 Å². The van der Waals surface area contributed by atoms with E-state index in [1.54, 1.807) is 11.0 Å². The number of nitrogens with zero attached hydrogens (tertiary/aromatic N) is 1. The quantitative estimate of drug-likeness (QED) is 0.793. The summed E-state index contributed by atoms with van der Waals surface area (Å²) in [5, 5.41) is 5.19.